The number of cyclic esters (lactones) is 1. The fourth-order valence-electron chi connectivity index (χ4n) is 6.15. The van der Waals surface area contributed by atoms with Crippen LogP contribution in [0.3, 0.4) is 0 Å². The fourth-order valence-corrected chi connectivity index (χ4v) is 6.15. The van der Waals surface area contributed by atoms with Crippen LogP contribution in [0.25, 0.3) is 22.3 Å². The number of hydrogen-bond acceptors (Lipinski definition) is 7. The number of aliphatic hydroxyl groups is 2. The second-order valence-corrected chi connectivity index (χ2v) is 9.80. The van der Waals surface area contributed by atoms with Crippen LogP contribution < -0.4 is 11.3 Å². The summed E-state index contributed by atoms with van der Waals surface area (Å²) in [4.78, 5) is 30.8. The Morgan fingerprint density at radius 3 is 2.75 bits per heavy atom. The maximum atomic E-state index is 14.9. The molecule has 0 saturated heterocycles. The van der Waals surface area contributed by atoms with Crippen molar-refractivity contribution in [3.63, 3.8) is 0 Å². The van der Waals surface area contributed by atoms with Gasteiger partial charge < -0.3 is 25.3 Å². The van der Waals surface area contributed by atoms with E-state index in [0.717, 1.165) is 22.1 Å². The van der Waals surface area contributed by atoms with Crippen LogP contribution >= 0.6 is 12.4 Å². The maximum absolute atomic E-state index is 14.9. The largest absolute Gasteiger partial charge is 0.458 e. The van der Waals surface area contributed by atoms with Gasteiger partial charge in [-0.2, -0.15) is 0 Å². The van der Waals surface area contributed by atoms with E-state index in [2.05, 4.69) is 0 Å². The molecule has 190 valence electrons. The molecule has 0 fully saturated rings. The van der Waals surface area contributed by atoms with E-state index in [4.69, 9.17) is 15.5 Å². The zero-order chi connectivity index (χ0) is 24.8. The van der Waals surface area contributed by atoms with Crippen LogP contribution in [0.2, 0.25) is 0 Å². The Hall–Kier alpha value is -2.85. The average Bonchev–Trinajstić information content (AvgIpc) is 3.23. The number of carbonyl (C=O) groups excluding carboxylic acids is 1. The van der Waals surface area contributed by atoms with Crippen molar-refractivity contribution >= 4 is 29.3 Å². The van der Waals surface area contributed by atoms with Crippen LogP contribution in [-0.2, 0) is 34.7 Å². The first-order chi connectivity index (χ1) is 16.7. The summed E-state index contributed by atoms with van der Waals surface area (Å²) < 4.78 is 21.6. The smallest absolute Gasteiger partial charge is 0.343 e. The topological polar surface area (TPSA) is 128 Å². The van der Waals surface area contributed by atoms with E-state index in [1.54, 1.807) is 24.5 Å². The molecular weight excluding hydrogens is 489 g/mol. The highest BCUT2D eigenvalue weighted by molar-refractivity contribution is 5.93. The number of rotatable bonds is 3. The molecule has 36 heavy (non-hydrogen) atoms. The molecule has 2 aromatic heterocycles. The number of aryl methyl sites for hydroxylation is 1. The minimum Gasteiger partial charge on any atom is -0.458 e. The van der Waals surface area contributed by atoms with Crippen molar-refractivity contribution in [1.29, 1.82) is 0 Å². The Kier molecular flexibility index (Phi) is 5.75. The molecule has 1 aliphatic carbocycles. The van der Waals surface area contributed by atoms with Crippen molar-refractivity contribution < 1.29 is 24.1 Å². The molecule has 4 heterocycles. The molecule has 0 bridgehead atoms. The summed E-state index contributed by atoms with van der Waals surface area (Å²) in [5, 5.41) is 21.8. The normalized spacial score (nSPS) is 22.4. The Bertz CT molecular complexity index is 1520. The Labute approximate surface area is 212 Å². The third kappa shape index (κ3) is 3.06. The number of nitrogens with two attached hydrogens (primary N) is 1. The van der Waals surface area contributed by atoms with Crippen LogP contribution in [0.1, 0.15) is 59.1 Å². The highest BCUT2D eigenvalue weighted by Crippen LogP contribution is 2.47. The Morgan fingerprint density at radius 1 is 1.31 bits per heavy atom. The molecule has 3 aliphatic rings. The third-order valence-corrected chi connectivity index (χ3v) is 8.15. The van der Waals surface area contributed by atoms with Gasteiger partial charge in [0, 0.05) is 34.5 Å². The highest BCUT2D eigenvalue weighted by atomic mass is 35.5. The highest BCUT2D eigenvalue weighted by Gasteiger charge is 2.46. The van der Waals surface area contributed by atoms with Crippen molar-refractivity contribution in [2.24, 2.45) is 5.73 Å². The number of fused-ring (bicyclic) bond motifs is 5. The molecule has 1 aromatic carbocycles. The number of nitrogens with zero attached hydrogens (tertiary/aromatic N) is 2. The van der Waals surface area contributed by atoms with Crippen molar-refractivity contribution in [2.75, 3.05) is 6.61 Å². The number of aromatic nitrogens is 2. The molecule has 3 atom stereocenters. The van der Waals surface area contributed by atoms with E-state index in [-0.39, 0.29) is 67.0 Å². The van der Waals surface area contributed by atoms with E-state index in [1.807, 2.05) is 0 Å². The van der Waals surface area contributed by atoms with E-state index < -0.39 is 17.6 Å². The lowest BCUT2D eigenvalue weighted by Gasteiger charge is -2.32. The number of hydrogen-bond donors (Lipinski definition) is 3. The second kappa shape index (κ2) is 8.34. The number of aliphatic hydroxyl groups excluding tert-OH is 1. The van der Waals surface area contributed by atoms with Gasteiger partial charge >= 0.3 is 5.97 Å². The molecule has 0 unspecified atom stereocenters. The molecule has 0 spiro atoms. The number of halogens is 2. The first-order valence-corrected chi connectivity index (χ1v) is 11.9. The van der Waals surface area contributed by atoms with Crippen molar-refractivity contribution in [1.82, 2.24) is 9.55 Å². The molecule has 8 nitrogen and oxygen atoms in total. The molecular formula is C26H27ClFN3O5. The number of ether oxygens (including phenoxy) is 1. The number of esters is 1. The minimum atomic E-state index is -1.92. The quantitative estimate of drug-likeness (QED) is 0.357. The van der Waals surface area contributed by atoms with E-state index >= 15 is 0 Å². The number of carbonyl (C=O) groups is 1. The number of benzene rings is 1. The summed E-state index contributed by atoms with van der Waals surface area (Å²) in [6.07, 6.45) is 1.31. The Morgan fingerprint density at radius 2 is 2.06 bits per heavy atom. The van der Waals surface area contributed by atoms with Gasteiger partial charge in [0.05, 0.1) is 35.6 Å². The van der Waals surface area contributed by atoms with Gasteiger partial charge in [-0.05, 0) is 48.9 Å². The summed E-state index contributed by atoms with van der Waals surface area (Å²) in [6.45, 7) is 3.23. The van der Waals surface area contributed by atoms with Crippen molar-refractivity contribution in [3.05, 3.63) is 61.7 Å². The first kappa shape index (κ1) is 24.8. The summed E-state index contributed by atoms with van der Waals surface area (Å²) in [5.74, 6) is -1.32. The van der Waals surface area contributed by atoms with Crippen LogP contribution in [-0.4, -0.2) is 38.4 Å². The molecule has 3 aromatic rings. The lowest BCUT2D eigenvalue weighted by Crippen LogP contribution is -2.44. The van der Waals surface area contributed by atoms with Gasteiger partial charge in [-0.1, -0.05) is 6.92 Å². The molecule has 0 radical (unpaired) electrons. The van der Waals surface area contributed by atoms with Gasteiger partial charge in [0.15, 0.2) is 5.60 Å². The van der Waals surface area contributed by atoms with Gasteiger partial charge in [0.2, 0.25) is 0 Å². The summed E-state index contributed by atoms with van der Waals surface area (Å²) in [7, 11) is 0. The van der Waals surface area contributed by atoms with Crippen molar-refractivity contribution in [3.8, 4) is 11.4 Å². The van der Waals surface area contributed by atoms with Gasteiger partial charge in [-0.15, -0.1) is 12.4 Å². The summed E-state index contributed by atoms with van der Waals surface area (Å²) in [6, 6.07) is 2.53. The predicted molar refractivity (Wildman–Crippen MR) is 133 cm³/mol. The zero-order valence-corrected chi connectivity index (χ0v) is 20.7. The summed E-state index contributed by atoms with van der Waals surface area (Å²) in [5.41, 5.74) is 9.15. The number of pyridine rings is 2. The zero-order valence-electron chi connectivity index (χ0n) is 19.9. The van der Waals surface area contributed by atoms with Gasteiger partial charge in [-0.3, -0.25) is 4.79 Å². The van der Waals surface area contributed by atoms with E-state index in [1.165, 1.54) is 6.07 Å². The maximum Gasteiger partial charge on any atom is 0.343 e. The molecule has 2 aliphatic heterocycles. The van der Waals surface area contributed by atoms with Gasteiger partial charge in [0.1, 0.15) is 12.4 Å². The van der Waals surface area contributed by atoms with Crippen LogP contribution in [0, 0.1) is 12.7 Å². The lowest BCUT2D eigenvalue weighted by atomic mass is 9.75. The minimum absolute atomic E-state index is 0. The van der Waals surface area contributed by atoms with Crippen LogP contribution in [0.15, 0.2) is 16.9 Å². The SMILES string of the molecule is CC[C@@]1(O)C(=O)OCc2c1cc1n(c2=O)Cc2c-1nc1cc(F)c(C)c3c1c2[C@@H]([C@@H](N)CO)CC3.Cl. The van der Waals surface area contributed by atoms with Crippen LogP contribution in [0.5, 0.6) is 0 Å². The summed E-state index contributed by atoms with van der Waals surface area (Å²) >= 11 is 0. The third-order valence-electron chi connectivity index (χ3n) is 8.15. The molecule has 0 amide bonds. The standard InChI is InChI=1S/C26H26FN3O5.ClH/c1-3-26(34)16-6-20-23-14(8-30(20)24(32)15(16)10-35-25(26)33)21-13(18(28)9-31)5-4-12-11(2)17(27)7-19(29-23)22(12)21;/h6-7,13,18,31,34H,3-5,8-10,28H2,1-2H3;1H/t13-,18+,26+;/m1./s1. The Balaban J connectivity index is 0.00000267. The second-order valence-electron chi connectivity index (χ2n) is 9.80. The predicted octanol–water partition coefficient (Wildman–Crippen LogP) is 2.30. The van der Waals surface area contributed by atoms with E-state index in [0.29, 0.717) is 35.3 Å². The lowest BCUT2D eigenvalue weighted by molar-refractivity contribution is -0.172. The van der Waals surface area contributed by atoms with Gasteiger partial charge in [0.25, 0.3) is 5.56 Å². The van der Waals surface area contributed by atoms with E-state index in [9.17, 15) is 24.2 Å². The molecule has 0 saturated carbocycles. The first-order valence-electron chi connectivity index (χ1n) is 11.9. The fraction of sp³-hybridized carbons (Fsp3) is 0.423. The molecule has 4 N–H and O–H groups in total. The monoisotopic (exact) mass is 515 g/mol. The molecule has 10 heteroatoms. The molecule has 6 rings (SSSR count). The average molecular weight is 516 g/mol. The van der Waals surface area contributed by atoms with Gasteiger partial charge in [-0.25, -0.2) is 14.2 Å². The van der Waals surface area contributed by atoms with Crippen molar-refractivity contribution in [2.45, 2.75) is 63.8 Å². The van der Waals surface area contributed by atoms with Crippen LogP contribution in [0.4, 0.5) is 4.39 Å².